The summed E-state index contributed by atoms with van der Waals surface area (Å²) >= 11 is 6.08. The number of pyridine rings is 1. The Balaban J connectivity index is 1.08. The van der Waals surface area contributed by atoms with Crippen LogP contribution >= 0.6 is 11.6 Å². The van der Waals surface area contributed by atoms with Gasteiger partial charge < -0.3 is 9.72 Å². The minimum Gasteiger partial charge on any atom is -0.364 e. The molecule has 3 aromatic heterocycles. The van der Waals surface area contributed by atoms with Crippen molar-refractivity contribution in [1.82, 2.24) is 19.4 Å². The fourth-order valence-electron chi connectivity index (χ4n) is 4.30. The second-order valence-electron chi connectivity index (χ2n) is 8.85. The third-order valence-electron chi connectivity index (χ3n) is 6.32. The third kappa shape index (κ3) is 4.41. The van der Waals surface area contributed by atoms with Crippen LogP contribution in [0, 0.1) is 5.92 Å². The molecule has 0 aliphatic heterocycles. The number of hydrogen-bond acceptors (Lipinski definition) is 5. The minimum absolute atomic E-state index is 0.0658. The molecule has 4 aromatic rings. The van der Waals surface area contributed by atoms with Gasteiger partial charge in [-0.3, -0.25) is 10.1 Å². The van der Waals surface area contributed by atoms with Gasteiger partial charge in [0.15, 0.2) is 0 Å². The van der Waals surface area contributed by atoms with E-state index < -0.39 is 0 Å². The Labute approximate surface area is 196 Å². The molecule has 2 aliphatic rings. The quantitative estimate of drug-likeness (QED) is 0.406. The lowest BCUT2D eigenvalue weighted by atomic mass is 10.1. The van der Waals surface area contributed by atoms with Crippen LogP contribution in [0.2, 0.25) is 5.02 Å². The highest BCUT2D eigenvalue weighted by Crippen LogP contribution is 2.48. The molecule has 2 unspecified atom stereocenters. The zero-order chi connectivity index (χ0) is 22.4. The van der Waals surface area contributed by atoms with Gasteiger partial charge in [-0.1, -0.05) is 29.8 Å². The summed E-state index contributed by atoms with van der Waals surface area (Å²) < 4.78 is 2.09. The van der Waals surface area contributed by atoms with Crippen molar-refractivity contribution < 1.29 is 4.79 Å². The zero-order valence-electron chi connectivity index (χ0n) is 17.9. The van der Waals surface area contributed by atoms with Crippen molar-refractivity contribution in [2.75, 3.05) is 10.6 Å². The van der Waals surface area contributed by atoms with Crippen LogP contribution in [0.3, 0.4) is 0 Å². The van der Waals surface area contributed by atoms with Crippen molar-refractivity contribution in [2.45, 2.75) is 37.6 Å². The van der Waals surface area contributed by atoms with E-state index in [-0.39, 0.29) is 17.7 Å². The summed E-state index contributed by atoms with van der Waals surface area (Å²) in [6, 6.07) is 13.7. The number of hydrogen-bond donors (Lipinski definition) is 2. The Hall–Kier alpha value is -3.45. The highest BCUT2D eigenvalue weighted by molar-refractivity contribution is 6.30. The standard InChI is InChI=1S/C25H23ClN6O/c26-18-3-1-2-16(10-18)20-11-21(20)24(33)31-25-27-9-8-22(30-25)28-12-19-14-32-13-17(15-4-5-15)6-7-23(32)29-19/h1-3,6-10,13-15,20-21H,4-5,11-12H2,(H2,27,28,30,31,33). The summed E-state index contributed by atoms with van der Waals surface area (Å²) in [5.74, 6) is 1.69. The molecule has 166 valence electrons. The van der Waals surface area contributed by atoms with E-state index in [0.717, 1.165) is 23.3 Å². The van der Waals surface area contributed by atoms with Gasteiger partial charge in [0.05, 0.1) is 12.2 Å². The van der Waals surface area contributed by atoms with Crippen molar-refractivity contribution in [3.8, 4) is 0 Å². The number of benzene rings is 1. The van der Waals surface area contributed by atoms with E-state index in [9.17, 15) is 4.79 Å². The van der Waals surface area contributed by atoms with Crippen LogP contribution in [-0.2, 0) is 11.3 Å². The summed E-state index contributed by atoms with van der Waals surface area (Å²) in [4.78, 5) is 26.0. The van der Waals surface area contributed by atoms with Gasteiger partial charge >= 0.3 is 0 Å². The maximum atomic E-state index is 12.7. The highest BCUT2D eigenvalue weighted by atomic mass is 35.5. The molecule has 2 N–H and O–H groups in total. The Morgan fingerprint density at radius 1 is 1.09 bits per heavy atom. The Kier molecular flexibility index (Phi) is 4.99. The molecule has 6 rings (SSSR count). The molecule has 0 spiro atoms. The van der Waals surface area contributed by atoms with Crippen LogP contribution < -0.4 is 10.6 Å². The largest absolute Gasteiger partial charge is 0.364 e. The van der Waals surface area contributed by atoms with E-state index in [1.807, 2.05) is 30.5 Å². The number of nitrogens with one attached hydrogen (secondary N) is 2. The number of anilines is 2. The molecular weight excluding hydrogens is 436 g/mol. The van der Waals surface area contributed by atoms with Crippen molar-refractivity contribution >= 4 is 34.9 Å². The number of fused-ring (bicyclic) bond motifs is 1. The Morgan fingerprint density at radius 3 is 2.85 bits per heavy atom. The molecule has 2 atom stereocenters. The van der Waals surface area contributed by atoms with Gasteiger partial charge in [-0.05, 0) is 66.5 Å². The van der Waals surface area contributed by atoms with Gasteiger partial charge in [0.1, 0.15) is 11.5 Å². The maximum Gasteiger partial charge on any atom is 0.231 e. The minimum atomic E-state index is -0.0813. The number of imidazole rings is 1. The topological polar surface area (TPSA) is 84.2 Å². The molecule has 1 amide bonds. The van der Waals surface area contributed by atoms with Crippen molar-refractivity contribution in [2.24, 2.45) is 5.92 Å². The average Bonchev–Trinajstić information content (AvgIpc) is 3.74. The van der Waals surface area contributed by atoms with Gasteiger partial charge in [0, 0.05) is 29.5 Å². The monoisotopic (exact) mass is 458 g/mol. The molecule has 0 radical (unpaired) electrons. The van der Waals surface area contributed by atoms with Crippen molar-refractivity contribution in [1.29, 1.82) is 0 Å². The molecule has 8 heteroatoms. The molecular formula is C25H23ClN6O. The lowest BCUT2D eigenvalue weighted by Crippen LogP contribution is -2.17. The molecule has 0 bridgehead atoms. The summed E-state index contributed by atoms with van der Waals surface area (Å²) in [7, 11) is 0. The Bertz CT molecular complexity index is 1350. The van der Waals surface area contributed by atoms with Gasteiger partial charge in [0.25, 0.3) is 0 Å². The van der Waals surface area contributed by atoms with E-state index in [2.05, 4.69) is 48.3 Å². The van der Waals surface area contributed by atoms with E-state index in [0.29, 0.717) is 29.3 Å². The van der Waals surface area contributed by atoms with Gasteiger partial charge in [-0.2, -0.15) is 4.98 Å². The SMILES string of the molecule is O=C(Nc1nccc(NCc2cn3cc(C4CC4)ccc3n2)n1)C1CC1c1cccc(Cl)c1. The summed E-state index contributed by atoms with van der Waals surface area (Å²) in [5, 5.41) is 6.81. The van der Waals surface area contributed by atoms with E-state index in [1.165, 1.54) is 18.4 Å². The molecule has 2 fully saturated rings. The molecule has 0 saturated heterocycles. The number of aromatic nitrogens is 4. The van der Waals surface area contributed by atoms with Gasteiger partial charge in [0.2, 0.25) is 11.9 Å². The van der Waals surface area contributed by atoms with Crippen molar-refractivity contribution in [3.63, 3.8) is 0 Å². The van der Waals surface area contributed by atoms with E-state index in [1.54, 1.807) is 12.3 Å². The van der Waals surface area contributed by atoms with Crippen LogP contribution in [0.4, 0.5) is 11.8 Å². The van der Waals surface area contributed by atoms with E-state index in [4.69, 9.17) is 11.6 Å². The lowest BCUT2D eigenvalue weighted by Gasteiger charge is -2.07. The first-order valence-corrected chi connectivity index (χ1v) is 11.6. The van der Waals surface area contributed by atoms with Gasteiger partial charge in [-0.15, -0.1) is 0 Å². The second kappa shape index (κ2) is 8.15. The van der Waals surface area contributed by atoms with Crippen LogP contribution in [0.1, 0.15) is 47.9 Å². The molecule has 33 heavy (non-hydrogen) atoms. The molecule has 2 saturated carbocycles. The van der Waals surface area contributed by atoms with Crippen LogP contribution in [-0.4, -0.2) is 25.3 Å². The third-order valence-corrected chi connectivity index (χ3v) is 6.55. The number of rotatable bonds is 7. The second-order valence-corrected chi connectivity index (χ2v) is 9.28. The fourth-order valence-corrected chi connectivity index (χ4v) is 4.50. The summed E-state index contributed by atoms with van der Waals surface area (Å²) in [6.07, 6.45) is 9.22. The lowest BCUT2D eigenvalue weighted by molar-refractivity contribution is -0.117. The number of amides is 1. The molecule has 3 heterocycles. The Morgan fingerprint density at radius 2 is 2.00 bits per heavy atom. The molecule has 7 nitrogen and oxygen atoms in total. The highest BCUT2D eigenvalue weighted by Gasteiger charge is 2.44. The van der Waals surface area contributed by atoms with Crippen LogP contribution in [0.25, 0.3) is 5.65 Å². The number of nitrogens with zero attached hydrogens (tertiary/aromatic N) is 4. The first-order chi connectivity index (χ1) is 16.1. The van der Waals surface area contributed by atoms with Crippen LogP contribution in [0.5, 0.6) is 0 Å². The number of carbonyl (C=O) groups is 1. The predicted molar refractivity (Wildman–Crippen MR) is 127 cm³/mol. The first-order valence-electron chi connectivity index (χ1n) is 11.2. The summed E-state index contributed by atoms with van der Waals surface area (Å²) in [6.45, 7) is 0.532. The normalized spacial score (nSPS) is 19.4. The smallest absolute Gasteiger partial charge is 0.231 e. The molecule has 1 aromatic carbocycles. The number of halogens is 1. The van der Waals surface area contributed by atoms with E-state index >= 15 is 0 Å². The maximum absolute atomic E-state index is 12.7. The fraction of sp³-hybridized carbons (Fsp3) is 0.280. The number of carbonyl (C=O) groups excluding carboxylic acids is 1. The van der Waals surface area contributed by atoms with Crippen LogP contribution in [0.15, 0.2) is 61.1 Å². The van der Waals surface area contributed by atoms with Gasteiger partial charge in [-0.25, -0.2) is 9.97 Å². The average molecular weight is 459 g/mol. The molecule has 2 aliphatic carbocycles. The zero-order valence-corrected chi connectivity index (χ0v) is 18.7. The predicted octanol–water partition coefficient (Wildman–Crippen LogP) is 5.01. The first kappa shape index (κ1) is 20.2. The van der Waals surface area contributed by atoms with Crippen molar-refractivity contribution in [3.05, 3.63) is 82.9 Å². The summed E-state index contributed by atoms with van der Waals surface area (Å²) in [5.41, 5.74) is 4.33.